The molecular weight excluding hydrogens is 368 g/mol. The van der Waals surface area contributed by atoms with Gasteiger partial charge in [-0.3, -0.25) is 4.79 Å². The van der Waals surface area contributed by atoms with Gasteiger partial charge in [-0.25, -0.2) is 0 Å². The zero-order valence-electron chi connectivity index (χ0n) is 17.9. The topological polar surface area (TPSA) is 23.6 Å². The number of carbonyl (C=O) groups excluding carboxylic acids is 1. The first-order chi connectivity index (χ1) is 14.4. The van der Waals surface area contributed by atoms with E-state index in [9.17, 15) is 4.79 Å². The highest BCUT2D eigenvalue weighted by molar-refractivity contribution is 6.51. The van der Waals surface area contributed by atoms with Crippen LogP contribution in [-0.4, -0.2) is 34.0 Å². The van der Waals surface area contributed by atoms with Gasteiger partial charge in [0.05, 0.1) is 0 Å². The Morgan fingerprint density at radius 2 is 0.933 bits per heavy atom. The van der Waals surface area contributed by atoms with Crippen molar-refractivity contribution in [3.05, 3.63) is 95.1 Å². The fourth-order valence-corrected chi connectivity index (χ4v) is 3.70. The summed E-state index contributed by atoms with van der Waals surface area (Å²) in [5, 5.41) is 0. The van der Waals surface area contributed by atoms with E-state index in [0.717, 1.165) is 44.8 Å². The Labute approximate surface area is 178 Å². The molecule has 0 amide bonds. The first-order valence-electron chi connectivity index (χ1n) is 10.1. The van der Waals surface area contributed by atoms with Gasteiger partial charge in [-0.05, 0) is 58.7 Å². The number of hydrogen-bond donors (Lipinski definition) is 0. The van der Waals surface area contributed by atoms with Crippen molar-refractivity contribution in [2.24, 2.45) is 0 Å². The lowest BCUT2D eigenvalue weighted by molar-refractivity contribution is -0.108. The molecule has 3 aromatic carbocycles. The first-order valence-corrected chi connectivity index (χ1v) is 10.1. The van der Waals surface area contributed by atoms with Gasteiger partial charge in [-0.2, -0.15) is 0 Å². The smallest absolute Gasteiger partial charge is 0.194 e. The third-order valence-electron chi connectivity index (χ3n) is 5.44. The molecule has 3 nitrogen and oxygen atoms in total. The number of Topliss-reactive ketones (excluding diaryl/α,β-unsaturated/α-hetero) is 1. The Kier molecular flexibility index (Phi) is 5.28. The van der Waals surface area contributed by atoms with Crippen LogP contribution >= 0.6 is 0 Å². The monoisotopic (exact) mass is 394 g/mol. The molecule has 0 saturated heterocycles. The summed E-state index contributed by atoms with van der Waals surface area (Å²) in [6, 6.07) is 24.5. The van der Waals surface area contributed by atoms with E-state index in [1.165, 1.54) is 0 Å². The molecule has 0 spiro atoms. The molecule has 0 atom stereocenters. The van der Waals surface area contributed by atoms with Crippen LogP contribution in [0.15, 0.2) is 72.8 Å². The summed E-state index contributed by atoms with van der Waals surface area (Å²) in [5.41, 5.74) is 7.81. The van der Waals surface area contributed by atoms with Crippen molar-refractivity contribution in [1.82, 2.24) is 0 Å². The third-order valence-corrected chi connectivity index (χ3v) is 5.44. The second kappa shape index (κ2) is 8.03. The minimum Gasteiger partial charge on any atom is -0.378 e. The highest BCUT2D eigenvalue weighted by Gasteiger charge is 2.29. The molecule has 0 radical (unpaired) electrons. The Hall–Kier alpha value is -3.59. The number of allylic oxidation sites excluding steroid dienone is 2. The quantitative estimate of drug-likeness (QED) is 0.547. The van der Waals surface area contributed by atoms with E-state index >= 15 is 0 Å². The van der Waals surface area contributed by atoms with Crippen molar-refractivity contribution >= 4 is 40.5 Å². The van der Waals surface area contributed by atoms with Crippen molar-refractivity contribution in [2.75, 3.05) is 38.0 Å². The van der Waals surface area contributed by atoms with Gasteiger partial charge in [-0.1, -0.05) is 48.5 Å². The fraction of sp³-hybridized carbons (Fsp3) is 0.148. The number of anilines is 2. The number of nitrogens with zero attached hydrogens (tertiary/aromatic N) is 2. The molecule has 0 aliphatic heterocycles. The summed E-state index contributed by atoms with van der Waals surface area (Å²) < 4.78 is 0. The summed E-state index contributed by atoms with van der Waals surface area (Å²) >= 11 is 0. The highest BCUT2D eigenvalue weighted by atomic mass is 16.1. The average Bonchev–Trinajstić information content (AvgIpc) is 3.00. The standard InChI is InChI=1S/C27H26N2O/c1-28(2)21-13-9-19(10-14-21)17-25-23-7-5-6-8-24(23)26(27(25)30)18-20-11-15-22(16-12-20)29(3)4/h5-18H,1-4H3/b25-17-,26-18+. The van der Waals surface area contributed by atoms with E-state index in [1.54, 1.807) is 0 Å². The lowest BCUT2D eigenvalue weighted by Crippen LogP contribution is -2.08. The third kappa shape index (κ3) is 3.79. The number of benzene rings is 3. The average molecular weight is 395 g/mol. The van der Waals surface area contributed by atoms with Crippen molar-refractivity contribution in [2.45, 2.75) is 0 Å². The van der Waals surface area contributed by atoms with Crippen LogP contribution in [0.25, 0.3) is 23.3 Å². The SMILES string of the molecule is CN(C)c1ccc(/C=C2\C(=O)/C(=C/c3ccc(N(C)C)cc3)c3ccccc32)cc1. The highest BCUT2D eigenvalue weighted by Crippen LogP contribution is 2.39. The maximum Gasteiger partial charge on any atom is 0.194 e. The Morgan fingerprint density at radius 3 is 1.27 bits per heavy atom. The van der Waals surface area contributed by atoms with Crippen molar-refractivity contribution in [3.63, 3.8) is 0 Å². The summed E-state index contributed by atoms with van der Waals surface area (Å²) in [5.74, 6) is 0.0737. The van der Waals surface area contributed by atoms with Gasteiger partial charge in [0.15, 0.2) is 5.78 Å². The zero-order chi connectivity index (χ0) is 21.3. The molecule has 0 bridgehead atoms. The molecule has 1 aliphatic rings. The number of hydrogen-bond acceptors (Lipinski definition) is 3. The molecule has 150 valence electrons. The van der Waals surface area contributed by atoms with Gasteiger partial charge >= 0.3 is 0 Å². The van der Waals surface area contributed by atoms with Crippen molar-refractivity contribution in [3.8, 4) is 0 Å². The van der Waals surface area contributed by atoms with Gasteiger partial charge in [-0.15, -0.1) is 0 Å². The first kappa shape index (κ1) is 19.7. The zero-order valence-corrected chi connectivity index (χ0v) is 17.9. The van der Waals surface area contributed by atoms with Crippen LogP contribution < -0.4 is 9.80 Å². The Balaban J connectivity index is 1.73. The van der Waals surface area contributed by atoms with Crippen LogP contribution in [0.2, 0.25) is 0 Å². The lowest BCUT2D eigenvalue weighted by Gasteiger charge is -2.12. The molecule has 3 heteroatoms. The van der Waals surface area contributed by atoms with Gasteiger partial charge in [0.2, 0.25) is 0 Å². The predicted octanol–water partition coefficient (Wildman–Crippen LogP) is 5.48. The minimum absolute atomic E-state index is 0.0737. The Bertz CT molecular complexity index is 1040. The number of ketones is 1. The van der Waals surface area contributed by atoms with Crippen molar-refractivity contribution in [1.29, 1.82) is 0 Å². The van der Waals surface area contributed by atoms with Crippen LogP contribution in [0.3, 0.4) is 0 Å². The second-order valence-electron chi connectivity index (χ2n) is 7.96. The normalized spacial score (nSPS) is 15.5. The minimum atomic E-state index is 0.0737. The van der Waals surface area contributed by atoms with Gasteiger partial charge < -0.3 is 9.80 Å². The van der Waals surface area contributed by atoms with E-state index in [2.05, 4.69) is 58.3 Å². The van der Waals surface area contributed by atoms with E-state index in [0.29, 0.717) is 0 Å². The van der Waals surface area contributed by atoms with Crippen molar-refractivity contribution < 1.29 is 4.79 Å². The van der Waals surface area contributed by atoms with Crippen LogP contribution in [0.5, 0.6) is 0 Å². The summed E-state index contributed by atoms with van der Waals surface area (Å²) in [7, 11) is 8.08. The molecule has 3 aromatic rings. The number of carbonyl (C=O) groups is 1. The number of rotatable bonds is 4. The molecule has 0 aromatic heterocycles. The largest absolute Gasteiger partial charge is 0.378 e. The maximum atomic E-state index is 13.4. The predicted molar refractivity (Wildman–Crippen MR) is 129 cm³/mol. The Morgan fingerprint density at radius 1 is 0.567 bits per heavy atom. The molecule has 4 rings (SSSR count). The van der Waals surface area contributed by atoms with Crippen LogP contribution in [0, 0.1) is 0 Å². The molecule has 0 heterocycles. The lowest BCUT2D eigenvalue weighted by atomic mass is 10.0. The molecule has 30 heavy (non-hydrogen) atoms. The molecule has 0 N–H and O–H groups in total. The molecule has 0 saturated carbocycles. The van der Waals surface area contributed by atoms with Crippen LogP contribution in [0.4, 0.5) is 11.4 Å². The van der Waals surface area contributed by atoms with E-state index < -0.39 is 0 Å². The van der Waals surface area contributed by atoms with Gasteiger partial charge in [0.25, 0.3) is 0 Å². The summed E-state index contributed by atoms with van der Waals surface area (Å²) in [6.07, 6.45) is 3.99. The maximum absolute atomic E-state index is 13.4. The fourth-order valence-electron chi connectivity index (χ4n) is 3.70. The summed E-state index contributed by atoms with van der Waals surface area (Å²) in [4.78, 5) is 17.5. The van der Waals surface area contributed by atoms with Crippen LogP contribution in [-0.2, 0) is 4.79 Å². The van der Waals surface area contributed by atoms with Gasteiger partial charge in [0.1, 0.15) is 0 Å². The van der Waals surface area contributed by atoms with Crippen LogP contribution in [0.1, 0.15) is 22.3 Å². The second-order valence-corrected chi connectivity index (χ2v) is 7.96. The molecule has 0 fully saturated rings. The molecule has 1 aliphatic carbocycles. The molecular formula is C27H26N2O. The summed E-state index contributed by atoms with van der Waals surface area (Å²) in [6.45, 7) is 0. The van der Waals surface area contributed by atoms with E-state index in [-0.39, 0.29) is 5.78 Å². The van der Waals surface area contributed by atoms with Gasteiger partial charge in [0, 0.05) is 50.7 Å². The van der Waals surface area contributed by atoms with E-state index in [1.807, 2.05) is 64.6 Å². The van der Waals surface area contributed by atoms with E-state index in [4.69, 9.17) is 0 Å². The number of fused-ring (bicyclic) bond motifs is 1. The molecule has 0 unspecified atom stereocenters.